The van der Waals surface area contributed by atoms with E-state index in [0.29, 0.717) is 10.0 Å². The quantitative estimate of drug-likeness (QED) is 0.939. The summed E-state index contributed by atoms with van der Waals surface area (Å²) in [5, 5.41) is 12.5. The zero-order valence-corrected chi connectivity index (χ0v) is 11.7. The van der Waals surface area contributed by atoms with Crippen molar-refractivity contribution in [1.29, 1.82) is 0 Å². The van der Waals surface area contributed by atoms with Crippen molar-refractivity contribution in [2.45, 2.75) is 13.0 Å². The van der Waals surface area contributed by atoms with Crippen LogP contribution in [-0.4, -0.2) is 21.5 Å². The number of hydrogen-bond acceptors (Lipinski definition) is 3. The minimum Gasteiger partial charge on any atom is -0.305 e. The van der Waals surface area contributed by atoms with Crippen LogP contribution in [0.25, 0.3) is 0 Å². The Labute approximate surface area is 116 Å². The number of nitrogens with one attached hydrogen (secondary N) is 1. The van der Waals surface area contributed by atoms with E-state index in [4.69, 9.17) is 23.2 Å². The summed E-state index contributed by atoms with van der Waals surface area (Å²) in [5.41, 5.74) is 1.87. The van der Waals surface area contributed by atoms with Crippen molar-refractivity contribution in [3.8, 4) is 0 Å². The first-order chi connectivity index (χ1) is 8.63. The molecule has 6 heteroatoms. The molecule has 0 saturated heterocycles. The topological polar surface area (TPSA) is 42.7 Å². The van der Waals surface area contributed by atoms with E-state index >= 15 is 0 Å². The van der Waals surface area contributed by atoms with Crippen LogP contribution in [0.2, 0.25) is 10.0 Å². The molecule has 96 valence electrons. The van der Waals surface area contributed by atoms with E-state index in [-0.39, 0.29) is 6.04 Å². The molecular formula is C12H14Cl2N4. The highest BCUT2D eigenvalue weighted by atomic mass is 35.5. The Balaban J connectivity index is 2.48. The van der Waals surface area contributed by atoms with Gasteiger partial charge in [-0.15, -0.1) is 5.10 Å². The van der Waals surface area contributed by atoms with E-state index in [1.165, 1.54) is 0 Å². The van der Waals surface area contributed by atoms with Gasteiger partial charge in [-0.05, 0) is 30.3 Å². The lowest BCUT2D eigenvalue weighted by molar-refractivity contribution is 0.568. The Hall–Kier alpha value is -1.10. The van der Waals surface area contributed by atoms with Crippen molar-refractivity contribution in [1.82, 2.24) is 20.3 Å². The fourth-order valence-electron chi connectivity index (χ4n) is 1.87. The molecule has 0 bridgehead atoms. The molecule has 0 fully saturated rings. The van der Waals surface area contributed by atoms with Gasteiger partial charge in [0, 0.05) is 17.1 Å². The second-order valence-electron chi connectivity index (χ2n) is 3.94. The predicted octanol–water partition coefficient (Wildman–Crippen LogP) is 2.82. The van der Waals surface area contributed by atoms with E-state index < -0.39 is 0 Å². The van der Waals surface area contributed by atoms with Crippen LogP contribution >= 0.6 is 23.2 Å². The predicted molar refractivity (Wildman–Crippen MR) is 73.0 cm³/mol. The Morgan fingerprint density at radius 2 is 2.17 bits per heavy atom. The molecule has 4 nitrogen and oxygen atoms in total. The third-order valence-corrected chi connectivity index (χ3v) is 3.30. The molecule has 0 spiro atoms. The summed E-state index contributed by atoms with van der Waals surface area (Å²) in [7, 11) is 1.85. The van der Waals surface area contributed by atoms with Crippen LogP contribution in [0.15, 0.2) is 24.4 Å². The SMILES string of the molecule is CCNC(c1cc(Cl)ccc1Cl)c1cnnn1C. The molecule has 1 aromatic heterocycles. The van der Waals surface area contributed by atoms with Gasteiger partial charge in [0.2, 0.25) is 0 Å². The molecule has 1 atom stereocenters. The van der Waals surface area contributed by atoms with Crippen LogP contribution in [0.1, 0.15) is 24.2 Å². The summed E-state index contributed by atoms with van der Waals surface area (Å²) < 4.78 is 1.73. The average molecular weight is 285 g/mol. The highest BCUT2D eigenvalue weighted by molar-refractivity contribution is 6.33. The number of rotatable bonds is 4. The maximum atomic E-state index is 6.25. The maximum Gasteiger partial charge on any atom is 0.0799 e. The molecule has 1 heterocycles. The van der Waals surface area contributed by atoms with E-state index in [1.807, 2.05) is 20.0 Å². The summed E-state index contributed by atoms with van der Waals surface area (Å²) in [6.07, 6.45) is 1.73. The van der Waals surface area contributed by atoms with E-state index in [2.05, 4.69) is 15.6 Å². The summed E-state index contributed by atoms with van der Waals surface area (Å²) >= 11 is 12.3. The first-order valence-electron chi connectivity index (χ1n) is 5.66. The van der Waals surface area contributed by atoms with Crippen molar-refractivity contribution in [2.75, 3.05) is 6.54 Å². The molecular weight excluding hydrogens is 271 g/mol. The molecule has 0 aliphatic heterocycles. The average Bonchev–Trinajstić information content (AvgIpc) is 2.76. The second-order valence-corrected chi connectivity index (χ2v) is 4.78. The first kappa shape index (κ1) is 13.3. The van der Waals surface area contributed by atoms with Gasteiger partial charge in [0.25, 0.3) is 0 Å². The first-order valence-corrected chi connectivity index (χ1v) is 6.42. The standard InChI is InChI=1S/C12H14Cl2N4/c1-3-15-12(11-7-16-17-18(11)2)9-6-8(13)4-5-10(9)14/h4-7,12,15H,3H2,1-2H3. The largest absolute Gasteiger partial charge is 0.305 e. The molecule has 0 amide bonds. The second kappa shape index (κ2) is 5.69. The van der Waals surface area contributed by atoms with E-state index in [1.54, 1.807) is 23.0 Å². The van der Waals surface area contributed by atoms with Crippen LogP contribution in [0.5, 0.6) is 0 Å². The number of hydrogen-bond donors (Lipinski definition) is 1. The molecule has 0 aliphatic carbocycles. The van der Waals surface area contributed by atoms with Gasteiger partial charge in [-0.25, -0.2) is 0 Å². The van der Waals surface area contributed by atoms with Crippen molar-refractivity contribution in [2.24, 2.45) is 7.05 Å². The van der Waals surface area contributed by atoms with E-state index in [0.717, 1.165) is 17.8 Å². The van der Waals surface area contributed by atoms with Crippen LogP contribution < -0.4 is 5.32 Å². The summed E-state index contributed by atoms with van der Waals surface area (Å²) in [6.45, 7) is 2.84. The zero-order chi connectivity index (χ0) is 13.1. The van der Waals surface area contributed by atoms with Crippen molar-refractivity contribution in [3.05, 3.63) is 45.7 Å². The number of aromatic nitrogens is 3. The third kappa shape index (κ3) is 2.66. The Morgan fingerprint density at radius 1 is 1.39 bits per heavy atom. The van der Waals surface area contributed by atoms with Crippen LogP contribution in [0.3, 0.4) is 0 Å². The molecule has 0 radical (unpaired) electrons. The van der Waals surface area contributed by atoms with Crippen LogP contribution in [-0.2, 0) is 7.05 Å². The number of aryl methyl sites for hydroxylation is 1. The Bertz CT molecular complexity index is 539. The molecule has 1 aromatic carbocycles. The summed E-state index contributed by atoms with van der Waals surface area (Å²) in [5.74, 6) is 0. The summed E-state index contributed by atoms with van der Waals surface area (Å²) in [4.78, 5) is 0. The molecule has 0 saturated carbocycles. The minimum atomic E-state index is -0.0683. The molecule has 1 N–H and O–H groups in total. The summed E-state index contributed by atoms with van der Waals surface area (Å²) in [6, 6.07) is 5.37. The van der Waals surface area contributed by atoms with Crippen LogP contribution in [0, 0.1) is 0 Å². The Morgan fingerprint density at radius 3 is 2.78 bits per heavy atom. The molecule has 2 aromatic rings. The fourth-order valence-corrected chi connectivity index (χ4v) is 2.28. The fraction of sp³-hybridized carbons (Fsp3) is 0.333. The van der Waals surface area contributed by atoms with Gasteiger partial charge in [-0.2, -0.15) is 0 Å². The van der Waals surface area contributed by atoms with Gasteiger partial charge in [-0.1, -0.05) is 35.3 Å². The van der Waals surface area contributed by atoms with Gasteiger partial charge in [0.15, 0.2) is 0 Å². The van der Waals surface area contributed by atoms with Crippen molar-refractivity contribution in [3.63, 3.8) is 0 Å². The van der Waals surface area contributed by atoms with Crippen molar-refractivity contribution < 1.29 is 0 Å². The third-order valence-electron chi connectivity index (χ3n) is 2.72. The minimum absolute atomic E-state index is 0.0683. The van der Waals surface area contributed by atoms with E-state index in [9.17, 15) is 0 Å². The van der Waals surface area contributed by atoms with Gasteiger partial charge in [0.1, 0.15) is 0 Å². The molecule has 1 unspecified atom stereocenters. The van der Waals surface area contributed by atoms with Crippen LogP contribution in [0.4, 0.5) is 0 Å². The highest BCUT2D eigenvalue weighted by Crippen LogP contribution is 2.30. The number of nitrogens with zero attached hydrogens (tertiary/aromatic N) is 3. The lowest BCUT2D eigenvalue weighted by atomic mass is 10.0. The van der Waals surface area contributed by atoms with Gasteiger partial charge in [-0.3, -0.25) is 4.68 Å². The zero-order valence-electron chi connectivity index (χ0n) is 10.2. The van der Waals surface area contributed by atoms with Gasteiger partial charge >= 0.3 is 0 Å². The van der Waals surface area contributed by atoms with Gasteiger partial charge < -0.3 is 5.32 Å². The van der Waals surface area contributed by atoms with Gasteiger partial charge in [0.05, 0.1) is 17.9 Å². The maximum absolute atomic E-state index is 6.25. The highest BCUT2D eigenvalue weighted by Gasteiger charge is 2.19. The monoisotopic (exact) mass is 284 g/mol. The number of halogens is 2. The molecule has 0 aliphatic rings. The lowest BCUT2D eigenvalue weighted by Crippen LogP contribution is -2.24. The molecule has 18 heavy (non-hydrogen) atoms. The van der Waals surface area contributed by atoms with Crippen molar-refractivity contribution >= 4 is 23.2 Å². The normalized spacial score (nSPS) is 12.7. The Kier molecular flexibility index (Phi) is 4.22. The molecule has 2 rings (SSSR count). The number of benzene rings is 1. The lowest BCUT2D eigenvalue weighted by Gasteiger charge is -2.19. The smallest absolute Gasteiger partial charge is 0.0799 e.